The van der Waals surface area contributed by atoms with Crippen LogP contribution in [0.2, 0.25) is 0 Å². The second kappa shape index (κ2) is 18.3. The van der Waals surface area contributed by atoms with Gasteiger partial charge in [0.15, 0.2) is 11.5 Å². The summed E-state index contributed by atoms with van der Waals surface area (Å²) in [5.74, 6) is -4.36. The van der Waals surface area contributed by atoms with Crippen LogP contribution in [0, 0.1) is 0 Å². The maximum atomic E-state index is 11.5. The Balaban J connectivity index is 0.000000240. The van der Waals surface area contributed by atoms with Gasteiger partial charge in [-0.3, -0.25) is 0 Å². The largest absolute Gasteiger partial charge is 2.00 e. The molecule has 0 radical (unpaired) electrons. The number of rotatable bonds is 6. The molecule has 4 aromatic rings. The summed E-state index contributed by atoms with van der Waals surface area (Å²) in [6, 6.07) is 13.9. The summed E-state index contributed by atoms with van der Waals surface area (Å²) < 4.78 is 45.8. The van der Waals surface area contributed by atoms with Crippen molar-refractivity contribution in [3.63, 3.8) is 0 Å². The maximum Gasteiger partial charge on any atom is 2.00 e. The predicted octanol–water partition coefficient (Wildman–Crippen LogP) is 4.61. The van der Waals surface area contributed by atoms with Gasteiger partial charge in [-0.2, -0.15) is 37.3 Å². The van der Waals surface area contributed by atoms with E-state index in [9.17, 15) is 46.9 Å². The maximum absolute atomic E-state index is 11.5. The van der Waals surface area contributed by atoms with E-state index in [0.717, 1.165) is 0 Å². The number of phenols is 2. The van der Waals surface area contributed by atoms with Crippen LogP contribution < -0.4 is 10.2 Å². The molecule has 2 aliphatic carbocycles. The first kappa shape index (κ1) is 43.1. The minimum atomic E-state index is -2.55. The van der Waals surface area contributed by atoms with Gasteiger partial charge in [-0.25, -0.2) is 0 Å². The molecule has 14 nitrogen and oxygen atoms in total. The number of fused-ring (bicyclic) bond motifs is 2. The summed E-state index contributed by atoms with van der Waals surface area (Å²) in [7, 11) is -5.11. The van der Waals surface area contributed by atoms with Crippen molar-refractivity contribution in [2.75, 3.05) is 0 Å². The van der Waals surface area contributed by atoms with Crippen molar-refractivity contribution >= 4 is 136 Å². The Bertz CT molecular complexity index is 2570. The second-order valence-corrected chi connectivity index (χ2v) is 14.2. The van der Waals surface area contributed by atoms with Gasteiger partial charge < -0.3 is 30.0 Å². The first-order valence-corrected chi connectivity index (χ1v) is 18.3. The van der Waals surface area contributed by atoms with E-state index in [0.29, 0.717) is 42.8 Å². The fraction of sp³-hybridized carbons (Fsp3) is 0.111. The van der Waals surface area contributed by atoms with Gasteiger partial charge >= 0.3 is 37.7 Å². The van der Waals surface area contributed by atoms with E-state index >= 15 is 0 Å². The molecule has 0 saturated heterocycles. The molecule has 2 N–H and O–H groups in total. The number of hydrogen-bond donors (Lipinski definition) is 2. The molecule has 6 rings (SSSR count). The molecule has 2 atom stereocenters. The number of benzene rings is 4. The number of carboxylic acid groups (broad SMARTS) is 2. The van der Waals surface area contributed by atoms with Crippen LogP contribution >= 0.6 is 23.2 Å². The molecule has 0 heterocycles. The third kappa shape index (κ3) is 9.59. The van der Waals surface area contributed by atoms with Crippen LogP contribution in [0.5, 0.6) is 11.5 Å². The standard InChI is InChI=1S/2C18H13ClN2O5S.Ca/c2*1-9-6-15(27(25)26)14(8-13(9)19)20-21-16-11-5-3-2-4-10(11)7-12(17(16)22)18(23)24;/h2*2-8,14,22H,1H3,(H,23,24);/q;;+2/p-2. The van der Waals surface area contributed by atoms with E-state index in [-0.39, 0.29) is 58.8 Å². The summed E-state index contributed by atoms with van der Waals surface area (Å²) in [5, 5.41) is 61.6. The number of carbonyl (C=O) groups excluding carboxylic acids is 2. The third-order valence-electron chi connectivity index (χ3n) is 8.04. The van der Waals surface area contributed by atoms with Gasteiger partial charge in [0.05, 0.1) is 11.9 Å². The number of allylic oxidation sites excluding steroid dienone is 4. The van der Waals surface area contributed by atoms with Gasteiger partial charge in [-0.1, -0.05) is 71.7 Å². The van der Waals surface area contributed by atoms with Crippen molar-refractivity contribution in [1.82, 2.24) is 0 Å². The first-order chi connectivity index (χ1) is 25.6. The molecule has 55 heavy (non-hydrogen) atoms. The quantitative estimate of drug-likeness (QED) is 0.155. The first-order valence-electron chi connectivity index (χ1n) is 15.4. The average Bonchev–Trinajstić information content (AvgIpc) is 3.12. The van der Waals surface area contributed by atoms with Crippen molar-refractivity contribution in [2.45, 2.75) is 25.9 Å². The molecule has 276 valence electrons. The molecular weight excluding hydrogens is 824 g/mol. The molecule has 0 spiro atoms. The average molecular weight is 848 g/mol. The molecule has 0 fully saturated rings. The number of carbonyl (C=O) groups is 2. The zero-order valence-corrected chi connectivity index (χ0v) is 33.8. The van der Waals surface area contributed by atoms with Crippen LogP contribution in [0.25, 0.3) is 21.5 Å². The molecule has 2 unspecified atom stereocenters. The molecule has 4 aromatic carbocycles. The monoisotopic (exact) mass is 846 g/mol. The molecule has 0 aromatic heterocycles. The second-order valence-electron chi connectivity index (χ2n) is 11.5. The van der Waals surface area contributed by atoms with Gasteiger partial charge in [0.25, 0.3) is 0 Å². The van der Waals surface area contributed by atoms with Gasteiger partial charge in [0, 0.05) is 32.0 Å². The summed E-state index contributed by atoms with van der Waals surface area (Å²) in [5.41, 5.74) is 0.0572. The molecule has 0 aliphatic heterocycles. The van der Waals surface area contributed by atoms with Crippen molar-refractivity contribution in [2.24, 2.45) is 20.5 Å². The SMILES string of the molecule is CC1=CC(=S(=O)=O)C(N=Nc2c(O)c(C(=O)[O-])cc3ccccc23)C=C1Cl.CC1=CC(=S(=O)=O)C(N=Nc2c(O)c(C(=O)[O-])cc3ccccc23)C=C1Cl.[Ca+2]. The Morgan fingerprint density at radius 1 is 0.655 bits per heavy atom. The van der Waals surface area contributed by atoms with Crippen molar-refractivity contribution in [3.8, 4) is 11.5 Å². The molecular formula is C36H24CaCl2N4O10S2. The smallest absolute Gasteiger partial charge is 0.545 e. The van der Waals surface area contributed by atoms with E-state index in [1.807, 2.05) is 0 Å². The van der Waals surface area contributed by atoms with E-state index in [1.165, 1.54) is 36.4 Å². The Morgan fingerprint density at radius 3 is 1.33 bits per heavy atom. The summed E-state index contributed by atoms with van der Waals surface area (Å²) in [6.07, 6.45) is 5.58. The van der Waals surface area contributed by atoms with Crippen LogP contribution in [0.15, 0.2) is 127 Å². The van der Waals surface area contributed by atoms with E-state index in [1.54, 1.807) is 62.4 Å². The number of halogens is 2. The number of aromatic carboxylic acids is 2. The van der Waals surface area contributed by atoms with Gasteiger partial charge in [0.1, 0.15) is 33.2 Å². The molecule has 2 aliphatic rings. The number of nitrogens with zero attached hydrogens (tertiary/aromatic N) is 4. The Hall–Kier alpha value is -4.68. The molecule has 0 saturated carbocycles. The fourth-order valence-electron chi connectivity index (χ4n) is 5.30. The van der Waals surface area contributed by atoms with Crippen molar-refractivity contribution in [1.29, 1.82) is 0 Å². The number of carboxylic acids is 2. The van der Waals surface area contributed by atoms with Crippen LogP contribution in [0.3, 0.4) is 0 Å². The van der Waals surface area contributed by atoms with Gasteiger partial charge in [0.2, 0.25) is 20.6 Å². The van der Waals surface area contributed by atoms with Gasteiger partial charge in [-0.15, -0.1) is 0 Å². The van der Waals surface area contributed by atoms with Crippen LogP contribution in [0.1, 0.15) is 34.6 Å². The van der Waals surface area contributed by atoms with Crippen LogP contribution in [-0.4, -0.2) is 98.5 Å². The summed E-state index contributed by atoms with van der Waals surface area (Å²) in [6.45, 7) is 3.31. The topological polar surface area (TPSA) is 238 Å². The minimum absolute atomic E-state index is 0. The Morgan fingerprint density at radius 2 is 1.00 bits per heavy atom. The molecule has 19 heteroatoms. The zero-order valence-electron chi connectivity index (χ0n) is 28.5. The third-order valence-corrected chi connectivity index (χ3v) is 10.4. The number of aromatic hydroxyl groups is 2. The Labute approximate surface area is 355 Å². The number of hydrogen-bond acceptors (Lipinski definition) is 14. The normalized spacial score (nSPS) is 16.8. The molecule has 0 amide bonds. The van der Waals surface area contributed by atoms with Crippen LogP contribution in [-0.2, 0) is 20.6 Å². The van der Waals surface area contributed by atoms with E-state index < -0.39 is 67.2 Å². The van der Waals surface area contributed by atoms with Crippen molar-refractivity contribution < 1.29 is 46.9 Å². The zero-order chi connectivity index (χ0) is 39.4. The van der Waals surface area contributed by atoms with Crippen LogP contribution in [0.4, 0.5) is 11.4 Å². The minimum Gasteiger partial charge on any atom is -0.545 e. The fourth-order valence-corrected chi connectivity index (χ4v) is 6.82. The molecule has 0 bridgehead atoms. The van der Waals surface area contributed by atoms with E-state index in [4.69, 9.17) is 23.2 Å². The van der Waals surface area contributed by atoms with E-state index in [2.05, 4.69) is 20.5 Å². The van der Waals surface area contributed by atoms with Gasteiger partial charge in [-0.05, 0) is 72.2 Å². The summed E-state index contributed by atoms with van der Waals surface area (Å²) >= 11 is 12.1. The predicted molar refractivity (Wildman–Crippen MR) is 205 cm³/mol. The summed E-state index contributed by atoms with van der Waals surface area (Å²) in [4.78, 5) is 22.5. The Kier molecular flexibility index (Phi) is 14.3. The van der Waals surface area contributed by atoms with Crippen molar-refractivity contribution in [3.05, 3.63) is 117 Å². The number of azo groups is 2.